The zero-order chi connectivity index (χ0) is 13.9. The molecule has 100 valence electrons. The van der Waals surface area contributed by atoms with Gasteiger partial charge in [-0.25, -0.2) is 9.98 Å². The first-order chi connectivity index (χ1) is 9.79. The fourth-order valence-corrected chi connectivity index (χ4v) is 3.03. The Morgan fingerprint density at radius 1 is 1.10 bits per heavy atom. The van der Waals surface area contributed by atoms with Gasteiger partial charge in [0.1, 0.15) is 4.61 Å². The number of hydrogen-bond donors (Lipinski definition) is 0. The van der Waals surface area contributed by atoms with Gasteiger partial charge in [0, 0.05) is 11.4 Å². The number of pyridine rings is 1. The van der Waals surface area contributed by atoms with Gasteiger partial charge in [-0.3, -0.25) is 0 Å². The summed E-state index contributed by atoms with van der Waals surface area (Å²) in [6, 6.07) is 14.6. The molecular weight excluding hydrogens is 312 g/mol. The van der Waals surface area contributed by atoms with Crippen LogP contribution in [-0.4, -0.2) is 4.98 Å². The Kier molecular flexibility index (Phi) is 3.79. The van der Waals surface area contributed by atoms with Crippen LogP contribution in [0.2, 0.25) is 0 Å². The molecule has 0 aliphatic carbocycles. The smallest absolute Gasteiger partial charge is 0.160 e. The van der Waals surface area contributed by atoms with E-state index in [4.69, 9.17) is 0 Å². The number of nitrogens with zero attached hydrogens (tertiary/aromatic N) is 2. The number of hydrogen-bond acceptors (Lipinski definition) is 2. The van der Waals surface area contributed by atoms with Crippen molar-refractivity contribution in [2.24, 2.45) is 4.99 Å². The van der Waals surface area contributed by atoms with Gasteiger partial charge in [0.25, 0.3) is 0 Å². The average molecular weight is 327 g/mol. The van der Waals surface area contributed by atoms with Crippen LogP contribution in [0.3, 0.4) is 0 Å². The van der Waals surface area contributed by atoms with E-state index in [-0.39, 0.29) is 0 Å². The van der Waals surface area contributed by atoms with Crippen LogP contribution in [0, 0.1) is 0 Å². The Labute approximate surface area is 126 Å². The summed E-state index contributed by atoms with van der Waals surface area (Å²) in [4.78, 5) is 9.05. The fourth-order valence-electron chi connectivity index (χ4n) is 2.44. The zero-order valence-electron chi connectivity index (χ0n) is 11.3. The van der Waals surface area contributed by atoms with Crippen LogP contribution in [0.15, 0.2) is 63.8 Å². The number of fused-ring (bicyclic) bond motifs is 1. The molecule has 0 unspecified atom stereocenters. The monoisotopic (exact) mass is 326 g/mol. The molecule has 2 heterocycles. The molecule has 1 aliphatic heterocycles. The molecule has 0 radical (unpaired) electrons. The summed E-state index contributed by atoms with van der Waals surface area (Å²) < 4.78 is 0.922. The predicted octanol–water partition coefficient (Wildman–Crippen LogP) is 3.32. The van der Waals surface area contributed by atoms with E-state index in [9.17, 15) is 0 Å². The molecule has 0 spiro atoms. The number of rotatable bonds is 2. The number of allylic oxidation sites excluding steroid dienone is 1. The highest BCUT2D eigenvalue weighted by Gasteiger charge is 2.12. The van der Waals surface area contributed by atoms with Gasteiger partial charge in [-0.2, -0.15) is 0 Å². The van der Waals surface area contributed by atoms with Gasteiger partial charge in [0.05, 0.1) is 0 Å². The molecule has 1 aromatic heterocycles. The summed E-state index contributed by atoms with van der Waals surface area (Å²) in [5, 5.41) is 1.12. The van der Waals surface area contributed by atoms with Gasteiger partial charge in [-0.15, -0.1) is 0 Å². The Bertz CT molecular complexity index is 776. The lowest BCUT2D eigenvalue weighted by atomic mass is 9.96. The van der Waals surface area contributed by atoms with Gasteiger partial charge in [0.15, 0.2) is 5.49 Å². The van der Waals surface area contributed by atoms with Gasteiger partial charge in [-0.1, -0.05) is 37.3 Å². The highest BCUT2D eigenvalue weighted by Crippen LogP contribution is 2.27. The first kappa shape index (κ1) is 13.3. The lowest BCUT2D eigenvalue weighted by Crippen LogP contribution is -2.29. The van der Waals surface area contributed by atoms with E-state index in [1.165, 1.54) is 16.7 Å². The van der Waals surface area contributed by atoms with Crippen molar-refractivity contribution in [2.45, 2.75) is 19.8 Å². The third-order valence-electron chi connectivity index (χ3n) is 3.55. The quantitative estimate of drug-likeness (QED) is 0.777. The second-order valence-corrected chi connectivity index (χ2v) is 5.51. The van der Waals surface area contributed by atoms with E-state index in [0.29, 0.717) is 0 Å². The second kappa shape index (κ2) is 5.71. The molecule has 0 saturated carbocycles. The van der Waals surface area contributed by atoms with Crippen LogP contribution < -0.4 is 10.7 Å². The van der Waals surface area contributed by atoms with Crippen molar-refractivity contribution in [3.8, 4) is 0 Å². The summed E-state index contributed by atoms with van der Waals surface area (Å²) >= 11 is 3.59. The maximum absolute atomic E-state index is 4.63. The minimum atomic E-state index is 0.793. The molecule has 20 heavy (non-hydrogen) atoms. The minimum Gasteiger partial charge on any atom is -0.237 e. The number of benzene rings is 1. The minimum absolute atomic E-state index is 0.793. The molecule has 1 aromatic carbocycles. The third-order valence-corrected chi connectivity index (χ3v) is 4.28. The maximum Gasteiger partial charge on any atom is 0.160 e. The van der Waals surface area contributed by atoms with Crippen molar-refractivity contribution >= 4 is 21.5 Å². The standard InChI is InChI=1S/C17H15BrN2/c1-2-12-11-15(13-7-4-3-5-8-13)14-9-6-10-19-17(14)20-16(12)18/h3-10H,2,11H2,1H3. The van der Waals surface area contributed by atoms with Crippen LogP contribution in [0.4, 0.5) is 0 Å². The molecule has 2 aromatic rings. The molecule has 3 rings (SSSR count). The molecular formula is C17H15BrN2. The molecule has 0 atom stereocenters. The van der Waals surface area contributed by atoms with Crippen LogP contribution >= 0.6 is 15.9 Å². The summed E-state index contributed by atoms with van der Waals surface area (Å²) in [5.74, 6) is 0. The molecule has 2 nitrogen and oxygen atoms in total. The Balaban J connectivity index is 2.34. The largest absolute Gasteiger partial charge is 0.237 e. The van der Waals surface area contributed by atoms with Crippen LogP contribution in [-0.2, 0) is 0 Å². The predicted molar refractivity (Wildman–Crippen MR) is 84.8 cm³/mol. The van der Waals surface area contributed by atoms with Crippen molar-refractivity contribution in [3.63, 3.8) is 0 Å². The van der Waals surface area contributed by atoms with Gasteiger partial charge in [-0.05, 0) is 57.6 Å². The normalized spacial score (nSPS) is 14.6. The van der Waals surface area contributed by atoms with Gasteiger partial charge in [0.2, 0.25) is 0 Å². The van der Waals surface area contributed by atoms with Crippen LogP contribution in [0.5, 0.6) is 0 Å². The third kappa shape index (κ3) is 2.46. The van der Waals surface area contributed by atoms with E-state index in [0.717, 1.165) is 28.2 Å². The van der Waals surface area contributed by atoms with E-state index in [2.05, 4.69) is 63.2 Å². The Morgan fingerprint density at radius 2 is 1.90 bits per heavy atom. The second-order valence-electron chi connectivity index (χ2n) is 4.76. The summed E-state index contributed by atoms with van der Waals surface area (Å²) in [6.07, 6.45) is 3.68. The molecule has 1 aliphatic rings. The molecule has 3 heteroatoms. The van der Waals surface area contributed by atoms with E-state index < -0.39 is 0 Å². The number of aromatic nitrogens is 1. The Hall–Kier alpha value is -1.74. The molecule has 0 fully saturated rings. The molecule has 0 bridgehead atoms. The van der Waals surface area contributed by atoms with Crippen molar-refractivity contribution in [1.29, 1.82) is 0 Å². The highest BCUT2D eigenvalue weighted by molar-refractivity contribution is 9.11. The highest BCUT2D eigenvalue weighted by atomic mass is 79.9. The van der Waals surface area contributed by atoms with E-state index in [1.807, 2.05) is 12.1 Å². The summed E-state index contributed by atoms with van der Waals surface area (Å²) in [6.45, 7) is 2.16. The lowest BCUT2D eigenvalue weighted by Gasteiger charge is -2.09. The van der Waals surface area contributed by atoms with Crippen LogP contribution in [0.25, 0.3) is 5.57 Å². The van der Waals surface area contributed by atoms with Crippen molar-refractivity contribution in [1.82, 2.24) is 4.98 Å². The van der Waals surface area contributed by atoms with E-state index in [1.54, 1.807) is 6.20 Å². The molecule has 0 amide bonds. The lowest BCUT2D eigenvalue weighted by molar-refractivity contribution is 1.02. The zero-order valence-corrected chi connectivity index (χ0v) is 12.9. The van der Waals surface area contributed by atoms with E-state index >= 15 is 0 Å². The number of halogens is 1. The van der Waals surface area contributed by atoms with Gasteiger partial charge < -0.3 is 0 Å². The summed E-state index contributed by atoms with van der Waals surface area (Å²) in [5.41, 5.74) is 4.64. The van der Waals surface area contributed by atoms with Crippen molar-refractivity contribution in [3.05, 3.63) is 75.1 Å². The molecule has 0 saturated heterocycles. The maximum atomic E-state index is 4.63. The SMILES string of the molecule is CCC1=C(Br)N=c2ncccc2=C(c2ccccc2)C1. The average Bonchev–Trinajstić information content (AvgIpc) is 2.64. The van der Waals surface area contributed by atoms with Crippen LogP contribution in [0.1, 0.15) is 25.3 Å². The van der Waals surface area contributed by atoms with Gasteiger partial charge >= 0.3 is 0 Å². The molecule has 0 N–H and O–H groups in total. The van der Waals surface area contributed by atoms with Crippen molar-refractivity contribution < 1.29 is 0 Å². The Morgan fingerprint density at radius 3 is 2.65 bits per heavy atom. The van der Waals surface area contributed by atoms with Crippen molar-refractivity contribution in [2.75, 3.05) is 0 Å². The topological polar surface area (TPSA) is 25.2 Å². The summed E-state index contributed by atoms with van der Waals surface area (Å²) in [7, 11) is 0. The fraction of sp³-hybridized carbons (Fsp3) is 0.176. The first-order valence-corrected chi connectivity index (χ1v) is 7.54. The first-order valence-electron chi connectivity index (χ1n) is 6.75.